The highest BCUT2D eigenvalue weighted by Crippen LogP contribution is 2.39. The predicted octanol–water partition coefficient (Wildman–Crippen LogP) is 6.86. The molecule has 0 radical (unpaired) electrons. The highest BCUT2D eigenvalue weighted by Gasteiger charge is 2.31. The number of benzene rings is 3. The van der Waals surface area contributed by atoms with Gasteiger partial charge in [-0.25, -0.2) is 21.9 Å². The minimum absolute atomic E-state index is 0.238. The van der Waals surface area contributed by atoms with E-state index in [9.17, 15) is 17.2 Å². The lowest BCUT2D eigenvalue weighted by molar-refractivity contribution is 0.548. The monoisotopic (exact) mass is 563 g/mol. The summed E-state index contributed by atoms with van der Waals surface area (Å²) in [5, 5.41) is 7.06. The number of nitrogens with zero attached hydrogens (tertiary/aromatic N) is 2. The molecule has 12 heteroatoms. The minimum Gasteiger partial charge on any atom is -0.256 e. The third-order valence-electron chi connectivity index (χ3n) is 5.12. The molecule has 1 N–H and O–H groups in total. The van der Waals surface area contributed by atoms with Gasteiger partial charge in [-0.05, 0) is 48.0 Å². The lowest BCUT2D eigenvalue weighted by Gasteiger charge is -2.25. The molecule has 34 heavy (non-hydrogen) atoms. The van der Waals surface area contributed by atoms with Crippen molar-refractivity contribution in [2.75, 3.05) is 11.6 Å². The zero-order valence-electron chi connectivity index (χ0n) is 17.1. The molecule has 1 aliphatic rings. The zero-order valence-corrected chi connectivity index (χ0v) is 20.9. The normalized spacial score (nSPS) is 16.1. The van der Waals surface area contributed by atoms with Crippen LogP contribution in [0.25, 0.3) is 0 Å². The maximum atomic E-state index is 14.2. The molecule has 0 bridgehead atoms. The molecule has 1 unspecified atom stereocenters. The predicted molar refractivity (Wildman–Crippen MR) is 132 cm³/mol. The van der Waals surface area contributed by atoms with E-state index < -0.39 is 31.6 Å². The molecule has 0 amide bonds. The van der Waals surface area contributed by atoms with Crippen molar-refractivity contribution >= 4 is 67.8 Å². The third kappa shape index (κ3) is 5.32. The third-order valence-corrected chi connectivity index (χ3v) is 7.61. The summed E-state index contributed by atoms with van der Waals surface area (Å²) < 4.78 is 55.4. The second-order valence-electron chi connectivity index (χ2n) is 7.40. The topological polar surface area (TPSA) is 61.8 Å². The van der Waals surface area contributed by atoms with E-state index >= 15 is 0 Å². The van der Waals surface area contributed by atoms with Crippen LogP contribution in [0.2, 0.25) is 20.1 Å². The fourth-order valence-corrected chi connectivity index (χ4v) is 5.34. The first-order valence-corrected chi connectivity index (χ1v) is 12.7. The number of hydrogen-bond acceptors (Lipinski definition) is 4. The molecule has 4 rings (SSSR count). The van der Waals surface area contributed by atoms with Crippen LogP contribution in [-0.2, 0) is 10.0 Å². The summed E-state index contributed by atoms with van der Waals surface area (Å²) in [4.78, 5) is -0.847. The van der Waals surface area contributed by atoms with Gasteiger partial charge in [-0.3, -0.25) is 5.01 Å². The molecule has 0 spiro atoms. The summed E-state index contributed by atoms with van der Waals surface area (Å²) in [6, 6.07) is 12.9. The fraction of sp³-hybridized carbons (Fsp3) is 0.136. The summed E-state index contributed by atoms with van der Waals surface area (Å²) in [5.41, 5.74) is 1.88. The Kier molecular flexibility index (Phi) is 7.38. The highest BCUT2D eigenvalue weighted by molar-refractivity contribution is 7.89. The molecule has 1 heterocycles. The first-order valence-electron chi connectivity index (χ1n) is 9.75. The van der Waals surface area contributed by atoms with Gasteiger partial charge in [0, 0.05) is 16.5 Å². The number of hydrazone groups is 1. The van der Waals surface area contributed by atoms with Crippen LogP contribution in [0.1, 0.15) is 18.0 Å². The van der Waals surface area contributed by atoms with E-state index in [4.69, 9.17) is 46.4 Å². The molecular weight excluding hydrogens is 550 g/mol. The van der Waals surface area contributed by atoms with Crippen molar-refractivity contribution in [3.63, 3.8) is 0 Å². The summed E-state index contributed by atoms with van der Waals surface area (Å²) in [6.45, 7) is -0.238. The second-order valence-corrected chi connectivity index (χ2v) is 10.8. The van der Waals surface area contributed by atoms with Crippen molar-refractivity contribution in [3.05, 3.63) is 91.9 Å². The van der Waals surface area contributed by atoms with E-state index in [1.165, 1.54) is 0 Å². The Labute approximate surface area is 214 Å². The summed E-state index contributed by atoms with van der Waals surface area (Å²) in [7, 11) is -4.39. The van der Waals surface area contributed by atoms with Crippen LogP contribution in [0.4, 0.5) is 14.5 Å². The highest BCUT2D eigenvalue weighted by atomic mass is 35.5. The van der Waals surface area contributed by atoms with Crippen molar-refractivity contribution < 1.29 is 17.2 Å². The van der Waals surface area contributed by atoms with Gasteiger partial charge in [0.25, 0.3) is 0 Å². The van der Waals surface area contributed by atoms with Crippen LogP contribution in [0.5, 0.6) is 0 Å². The minimum atomic E-state index is -4.39. The van der Waals surface area contributed by atoms with Gasteiger partial charge in [-0.2, -0.15) is 5.10 Å². The van der Waals surface area contributed by atoms with E-state index in [-0.39, 0.29) is 12.6 Å². The Morgan fingerprint density at radius 3 is 2.26 bits per heavy atom. The molecule has 0 saturated heterocycles. The maximum absolute atomic E-state index is 14.2. The first-order chi connectivity index (χ1) is 16.0. The number of nitrogens with one attached hydrogen (secondary N) is 1. The summed E-state index contributed by atoms with van der Waals surface area (Å²) in [6.07, 6.45) is 0.334. The van der Waals surface area contributed by atoms with Crippen LogP contribution in [0.3, 0.4) is 0 Å². The zero-order chi connectivity index (χ0) is 24.6. The van der Waals surface area contributed by atoms with Crippen LogP contribution >= 0.6 is 46.4 Å². The smallest absolute Gasteiger partial charge is 0.243 e. The van der Waals surface area contributed by atoms with E-state index in [2.05, 4.69) is 9.82 Å². The lowest BCUT2D eigenvalue weighted by Crippen LogP contribution is -2.30. The van der Waals surface area contributed by atoms with Gasteiger partial charge in [0.1, 0.15) is 16.5 Å². The van der Waals surface area contributed by atoms with Crippen molar-refractivity contribution in [2.24, 2.45) is 5.10 Å². The van der Waals surface area contributed by atoms with Gasteiger partial charge < -0.3 is 0 Å². The Bertz CT molecular complexity index is 1390. The Morgan fingerprint density at radius 1 is 0.912 bits per heavy atom. The van der Waals surface area contributed by atoms with Crippen molar-refractivity contribution in [3.8, 4) is 0 Å². The van der Waals surface area contributed by atoms with Gasteiger partial charge >= 0.3 is 0 Å². The largest absolute Gasteiger partial charge is 0.256 e. The Hall–Kier alpha value is -1.94. The molecule has 0 aliphatic carbocycles. The van der Waals surface area contributed by atoms with Gasteiger partial charge in [-0.1, -0.05) is 58.5 Å². The molecular formula is C22H15Cl4F2N3O2S. The van der Waals surface area contributed by atoms with E-state index in [0.717, 1.165) is 5.56 Å². The van der Waals surface area contributed by atoms with Crippen molar-refractivity contribution in [2.45, 2.75) is 17.4 Å². The van der Waals surface area contributed by atoms with Gasteiger partial charge in [0.15, 0.2) is 0 Å². The number of anilines is 1. The van der Waals surface area contributed by atoms with Crippen molar-refractivity contribution in [1.29, 1.82) is 0 Å². The fourth-order valence-electron chi connectivity index (χ4n) is 3.48. The maximum Gasteiger partial charge on any atom is 0.243 e. The molecule has 3 aromatic carbocycles. The number of hydrogen-bond donors (Lipinski definition) is 1. The molecule has 178 valence electrons. The Balaban J connectivity index is 1.63. The molecule has 1 aliphatic heterocycles. The van der Waals surface area contributed by atoms with Crippen LogP contribution in [0, 0.1) is 11.6 Å². The van der Waals surface area contributed by atoms with Crippen LogP contribution in [-0.4, -0.2) is 20.7 Å². The van der Waals surface area contributed by atoms with Crippen molar-refractivity contribution in [1.82, 2.24) is 4.72 Å². The molecule has 1 atom stereocenters. The van der Waals surface area contributed by atoms with E-state index in [0.29, 0.717) is 45.0 Å². The quantitative estimate of drug-likeness (QED) is 0.332. The molecule has 0 saturated carbocycles. The SMILES string of the molecule is O=S(=O)(NCC1=NN(c2ccc(Cl)cc2Cl)C(c2ccc(Cl)cc2)C1)c1cc(F)c(Cl)cc1F. The Morgan fingerprint density at radius 2 is 1.59 bits per heavy atom. The summed E-state index contributed by atoms with van der Waals surface area (Å²) >= 11 is 23.9. The average molecular weight is 565 g/mol. The van der Waals surface area contributed by atoms with Gasteiger partial charge in [0.05, 0.1) is 34.0 Å². The van der Waals surface area contributed by atoms with E-state index in [1.54, 1.807) is 35.3 Å². The standard InChI is InChI=1S/C22H15Cl4F2N3O2S/c23-13-3-1-12(2-4-13)21-8-15(30-31(21)20-6-5-14(24)7-17(20)26)11-29-34(32,33)22-10-18(27)16(25)9-19(22)28/h1-7,9-10,21,29H,8,11H2. The first kappa shape index (κ1) is 25.2. The molecule has 5 nitrogen and oxygen atoms in total. The second kappa shape index (κ2) is 9.97. The molecule has 3 aromatic rings. The summed E-state index contributed by atoms with van der Waals surface area (Å²) in [5.74, 6) is -2.21. The van der Waals surface area contributed by atoms with Gasteiger partial charge in [0.2, 0.25) is 10.0 Å². The number of halogens is 6. The van der Waals surface area contributed by atoms with Crippen LogP contribution < -0.4 is 9.73 Å². The molecule has 0 aromatic heterocycles. The van der Waals surface area contributed by atoms with Crippen LogP contribution in [0.15, 0.2) is 64.6 Å². The van der Waals surface area contributed by atoms with Gasteiger partial charge in [-0.15, -0.1) is 0 Å². The average Bonchev–Trinajstić information content (AvgIpc) is 3.19. The number of rotatable bonds is 6. The lowest BCUT2D eigenvalue weighted by atomic mass is 10.0. The van der Waals surface area contributed by atoms with E-state index in [1.807, 2.05) is 12.1 Å². The number of sulfonamides is 1. The molecule has 0 fully saturated rings.